The summed E-state index contributed by atoms with van der Waals surface area (Å²) in [4.78, 5) is 154. The highest BCUT2D eigenvalue weighted by Gasteiger charge is 2.37. The predicted octanol–water partition coefficient (Wildman–Crippen LogP) is -5.24. The average molecular weight is 1200 g/mol. The van der Waals surface area contributed by atoms with Gasteiger partial charge in [0.05, 0.1) is 12.2 Å². The van der Waals surface area contributed by atoms with Crippen LogP contribution in [0.2, 0.25) is 0 Å². The number of amides is 11. The molecule has 85 heavy (non-hydrogen) atoms. The molecule has 1 fully saturated rings. The van der Waals surface area contributed by atoms with Gasteiger partial charge in [-0.3, -0.25) is 52.7 Å². The quantitative estimate of drug-likeness (QED) is 0.0333. The number of rotatable bonds is 29. The lowest BCUT2D eigenvalue weighted by atomic mass is 10.00. The van der Waals surface area contributed by atoms with Crippen molar-refractivity contribution >= 4 is 65.0 Å². The van der Waals surface area contributed by atoms with Crippen LogP contribution in [-0.4, -0.2) is 187 Å². The van der Waals surface area contributed by atoms with E-state index in [1.165, 1.54) is 13.8 Å². The molecule has 1 aromatic carbocycles. The Morgan fingerprint density at radius 3 is 1.53 bits per heavy atom. The van der Waals surface area contributed by atoms with Crippen molar-refractivity contribution in [3.63, 3.8) is 0 Å². The summed E-state index contributed by atoms with van der Waals surface area (Å²) in [5, 5.41) is 49.7. The third kappa shape index (κ3) is 27.4. The maximum atomic E-state index is 14.5. The Bertz CT molecular complexity index is 2310. The molecule has 0 spiro atoms. The monoisotopic (exact) mass is 1200 g/mol. The molecule has 0 unspecified atom stereocenters. The molecule has 29 nitrogen and oxygen atoms in total. The molecule has 11 amide bonds. The first kappa shape index (κ1) is 74.2. The van der Waals surface area contributed by atoms with Crippen LogP contribution in [0, 0.1) is 11.8 Å². The van der Waals surface area contributed by atoms with Crippen LogP contribution in [0.4, 0.5) is 0 Å². The maximum Gasteiger partial charge on any atom is 0.245 e. The van der Waals surface area contributed by atoms with Crippen molar-refractivity contribution in [2.24, 2.45) is 40.5 Å². The minimum Gasteiger partial charge on any atom is -0.391 e. The highest BCUT2D eigenvalue weighted by atomic mass is 16.3. The molecule has 480 valence electrons. The van der Waals surface area contributed by atoms with Crippen molar-refractivity contribution in [2.75, 3.05) is 39.3 Å². The van der Waals surface area contributed by atoms with Gasteiger partial charge in [0.25, 0.3) is 0 Å². The number of aliphatic hydroxyl groups is 2. The Balaban J connectivity index is 2.67. The minimum atomic E-state index is -1.70. The number of nitrogens with two attached hydrogens (primary N) is 5. The normalized spacial score (nSPS) is 22.6. The van der Waals surface area contributed by atoms with E-state index in [-0.39, 0.29) is 90.0 Å². The number of hydrogen-bond donors (Lipinski definition) is 18. The van der Waals surface area contributed by atoms with Crippen molar-refractivity contribution < 1.29 is 63.0 Å². The fourth-order valence-electron chi connectivity index (χ4n) is 9.15. The van der Waals surface area contributed by atoms with E-state index in [4.69, 9.17) is 28.7 Å². The first-order valence-electron chi connectivity index (χ1n) is 29.5. The Kier molecular flexibility index (Phi) is 34.6. The van der Waals surface area contributed by atoms with E-state index in [9.17, 15) is 63.0 Å². The van der Waals surface area contributed by atoms with Crippen LogP contribution >= 0.6 is 0 Å². The summed E-state index contributed by atoms with van der Waals surface area (Å²) in [6.07, 6.45) is -1.04. The van der Waals surface area contributed by atoms with E-state index in [0.717, 1.165) is 19.3 Å². The molecular formula is C56H98N16O13. The number of nitrogens with one attached hydrogen (secondary N) is 11. The highest BCUT2D eigenvalue weighted by molar-refractivity contribution is 5.99. The largest absolute Gasteiger partial charge is 0.391 e. The van der Waals surface area contributed by atoms with Gasteiger partial charge in [0.2, 0.25) is 65.0 Å². The summed E-state index contributed by atoms with van der Waals surface area (Å²) in [6.45, 7) is 9.02. The molecule has 0 bridgehead atoms. The van der Waals surface area contributed by atoms with E-state index >= 15 is 0 Å². The van der Waals surface area contributed by atoms with Gasteiger partial charge in [-0.1, -0.05) is 77.3 Å². The number of hydrogen-bond acceptors (Lipinski definition) is 18. The third-order valence-corrected chi connectivity index (χ3v) is 13.9. The van der Waals surface area contributed by atoms with Crippen LogP contribution in [0.15, 0.2) is 30.3 Å². The van der Waals surface area contributed by atoms with Gasteiger partial charge in [0, 0.05) is 19.4 Å². The number of aliphatic hydroxyl groups excluding tert-OH is 2. The Morgan fingerprint density at radius 2 is 1.02 bits per heavy atom. The summed E-state index contributed by atoms with van der Waals surface area (Å²) in [6, 6.07) is -6.23. The molecule has 0 aromatic heterocycles. The second-order valence-corrected chi connectivity index (χ2v) is 22.3. The van der Waals surface area contributed by atoms with E-state index in [1.54, 1.807) is 44.2 Å². The van der Waals surface area contributed by atoms with Crippen LogP contribution < -0.4 is 87.2 Å². The van der Waals surface area contributed by atoms with Crippen LogP contribution in [0.1, 0.15) is 124 Å². The fraction of sp³-hybridized carbons (Fsp3) is 0.696. The average Bonchev–Trinajstić information content (AvgIpc) is 3.67. The molecule has 1 aliphatic rings. The molecule has 23 N–H and O–H groups in total. The maximum absolute atomic E-state index is 14.5. The summed E-state index contributed by atoms with van der Waals surface area (Å²) < 4.78 is 0. The standard InChI is InChI=1S/C56H98N16O13/c1-31(2)13-9-7-12-16-44(75)63-36(17-23-57)51(80)72-46(34(6)74)56(85)68-39(20-26-60)48(77)67-41-22-28-62-55(84)45(33(5)73)71-52(81)40(21-27-61)65-47(76)37(18-24-58)66-53(82)42(29-32(3)4)69-54(83)43(30-35-14-10-8-11-15-35)70-49(78)38(19-25-59)64-50(41)79/h8,10-11,14-15,31-34,36-43,45-46,73-74H,7,9,12-13,16-30,57-61H2,1-6H3,(H,62,84)(H,63,75)(H,64,79)(H,65,76)(H,66,82)(H,67,77)(H,68,85)(H,69,83)(H,70,78)(H,71,81)(H,72,80)/t33-,34-,36+,37+,38+,39+,40+,41+,42+,43-,45+,46+/m1/s1. The second-order valence-electron chi connectivity index (χ2n) is 22.3. The fourth-order valence-corrected chi connectivity index (χ4v) is 9.15. The van der Waals surface area contributed by atoms with E-state index in [2.05, 4.69) is 72.3 Å². The molecule has 1 aromatic rings. The topological polar surface area (TPSA) is 491 Å². The molecule has 2 rings (SSSR count). The molecular weight excluding hydrogens is 1100 g/mol. The first-order valence-corrected chi connectivity index (χ1v) is 29.5. The van der Waals surface area contributed by atoms with Gasteiger partial charge in [-0.05, 0) is 115 Å². The molecule has 1 aliphatic heterocycles. The second kappa shape index (κ2) is 39.7. The molecule has 12 atom stereocenters. The lowest BCUT2D eigenvalue weighted by Crippen LogP contribution is -2.62. The Labute approximate surface area is 498 Å². The van der Waals surface area contributed by atoms with Crippen LogP contribution in [0.5, 0.6) is 0 Å². The van der Waals surface area contributed by atoms with E-state index in [0.29, 0.717) is 17.9 Å². The van der Waals surface area contributed by atoms with Crippen molar-refractivity contribution in [1.29, 1.82) is 0 Å². The van der Waals surface area contributed by atoms with Gasteiger partial charge in [0.15, 0.2) is 0 Å². The molecule has 1 heterocycles. The lowest BCUT2D eigenvalue weighted by Gasteiger charge is -2.29. The molecule has 0 saturated carbocycles. The van der Waals surface area contributed by atoms with Gasteiger partial charge in [-0.15, -0.1) is 0 Å². The van der Waals surface area contributed by atoms with Gasteiger partial charge >= 0.3 is 0 Å². The summed E-state index contributed by atoms with van der Waals surface area (Å²) in [5.41, 5.74) is 29.9. The number of unbranched alkanes of at least 4 members (excludes halogenated alkanes) is 2. The smallest absolute Gasteiger partial charge is 0.245 e. The van der Waals surface area contributed by atoms with E-state index < -0.39 is 151 Å². The lowest BCUT2D eigenvalue weighted by molar-refractivity contribution is -0.137. The van der Waals surface area contributed by atoms with Crippen molar-refractivity contribution in [3.05, 3.63) is 35.9 Å². The molecule has 0 radical (unpaired) electrons. The van der Waals surface area contributed by atoms with Crippen molar-refractivity contribution in [3.8, 4) is 0 Å². The summed E-state index contributed by atoms with van der Waals surface area (Å²) in [5.74, 6) is -9.43. The molecule has 1 saturated heterocycles. The van der Waals surface area contributed by atoms with Crippen molar-refractivity contribution in [2.45, 2.75) is 198 Å². The van der Waals surface area contributed by atoms with Gasteiger partial charge < -0.3 is 97.4 Å². The Hall–Kier alpha value is -6.89. The number of carbonyl (C=O) groups excluding carboxylic acids is 11. The zero-order chi connectivity index (χ0) is 63.8. The highest BCUT2D eigenvalue weighted by Crippen LogP contribution is 2.13. The predicted molar refractivity (Wildman–Crippen MR) is 316 cm³/mol. The van der Waals surface area contributed by atoms with Crippen molar-refractivity contribution in [1.82, 2.24) is 58.5 Å². The van der Waals surface area contributed by atoms with Crippen LogP contribution in [0.3, 0.4) is 0 Å². The van der Waals surface area contributed by atoms with E-state index in [1.807, 2.05) is 0 Å². The van der Waals surface area contributed by atoms with Crippen LogP contribution in [-0.2, 0) is 59.2 Å². The molecule has 0 aliphatic carbocycles. The molecule has 29 heteroatoms. The van der Waals surface area contributed by atoms with Crippen LogP contribution in [0.25, 0.3) is 0 Å². The Morgan fingerprint density at radius 1 is 0.529 bits per heavy atom. The minimum absolute atomic E-state index is 0.0168. The zero-order valence-corrected chi connectivity index (χ0v) is 50.2. The summed E-state index contributed by atoms with van der Waals surface area (Å²) >= 11 is 0. The number of carbonyl (C=O) groups is 11. The van der Waals surface area contributed by atoms with Gasteiger partial charge in [-0.2, -0.15) is 0 Å². The number of benzene rings is 1. The summed E-state index contributed by atoms with van der Waals surface area (Å²) in [7, 11) is 0. The first-order chi connectivity index (χ1) is 40.3. The third-order valence-electron chi connectivity index (χ3n) is 13.9. The van der Waals surface area contributed by atoms with Gasteiger partial charge in [-0.25, -0.2) is 0 Å². The SMILES string of the molecule is CC(C)CCCCCC(=O)N[C@@H](CCN)C(=O)N[C@H](C(=O)N[C@@H](CCN)C(=O)N[C@H]1CCNC(=O)[C@H]([C@@H](C)O)NC(=O)[C@H](CCN)NC(=O)[C@H](CCN)NC(=O)[C@H](CC(C)C)NC(=O)[C@@H](Cc2ccccc2)NC(=O)[C@H](CCN)NC1=O)[C@@H](C)O. The van der Waals surface area contributed by atoms with Gasteiger partial charge in [0.1, 0.15) is 60.4 Å². The zero-order valence-electron chi connectivity index (χ0n) is 50.2.